The summed E-state index contributed by atoms with van der Waals surface area (Å²) in [5.74, 6) is -0.429. The monoisotopic (exact) mass is 333 g/mol. The Bertz CT molecular complexity index is 846. The number of H-pyrrole nitrogens is 1. The van der Waals surface area contributed by atoms with Crippen LogP contribution in [-0.4, -0.2) is 32.8 Å². The minimum Gasteiger partial charge on any atom is -0.500 e. The van der Waals surface area contributed by atoms with Crippen LogP contribution in [0.3, 0.4) is 0 Å². The number of nitrogens with one attached hydrogen (secondary N) is 2. The van der Waals surface area contributed by atoms with Crippen LogP contribution in [0.2, 0.25) is 0 Å². The molecule has 3 N–H and O–H groups in total. The van der Waals surface area contributed by atoms with E-state index in [4.69, 9.17) is 4.74 Å². The van der Waals surface area contributed by atoms with Gasteiger partial charge in [-0.3, -0.25) is 19.9 Å². The van der Waals surface area contributed by atoms with Crippen LogP contribution in [0.25, 0.3) is 0 Å². The van der Waals surface area contributed by atoms with E-state index in [1.165, 1.54) is 18.3 Å². The molecule has 0 fully saturated rings. The van der Waals surface area contributed by atoms with Crippen LogP contribution in [0, 0.1) is 17.0 Å². The van der Waals surface area contributed by atoms with Crippen LogP contribution in [0.15, 0.2) is 28.1 Å². The van der Waals surface area contributed by atoms with Crippen molar-refractivity contribution in [2.75, 3.05) is 12.0 Å². The summed E-state index contributed by atoms with van der Waals surface area (Å²) in [6.45, 7) is 3.58. The zero-order chi connectivity index (χ0) is 17.7. The Morgan fingerprint density at radius 3 is 2.88 bits per heavy atom. The Morgan fingerprint density at radius 1 is 1.50 bits per heavy atom. The molecule has 0 spiro atoms. The van der Waals surface area contributed by atoms with Crippen LogP contribution in [-0.2, 0) is 0 Å². The van der Waals surface area contributed by atoms with Crippen molar-refractivity contribution in [3.8, 4) is 11.5 Å². The lowest BCUT2D eigenvalue weighted by Gasteiger charge is -2.07. The Labute approximate surface area is 136 Å². The molecule has 0 radical (unpaired) electrons. The van der Waals surface area contributed by atoms with Crippen LogP contribution in [0.5, 0.6) is 11.5 Å². The van der Waals surface area contributed by atoms with Gasteiger partial charge in [0.15, 0.2) is 5.75 Å². The van der Waals surface area contributed by atoms with E-state index in [0.29, 0.717) is 11.3 Å². The Kier molecular flexibility index (Phi) is 5.09. The highest BCUT2D eigenvalue weighted by molar-refractivity contribution is 5.83. The number of benzene rings is 1. The molecule has 10 heteroatoms. The molecule has 1 heterocycles. The SMILES string of the molecule is CCOc1cc(/C=N/Nc2nc(C)cc(=O)[nH]2)cc([N+](=O)[O-])c1O. The minimum atomic E-state index is -0.720. The van der Waals surface area contributed by atoms with Gasteiger partial charge in [0.2, 0.25) is 11.7 Å². The minimum absolute atomic E-state index is 0.0183. The summed E-state index contributed by atoms with van der Waals surface area (Å²) in [5, 5.41) is 24.6. The summed E-state index contributed by atoms with van der Waals surface area (Å²) >= 11 is 0. The molecule has 0 aliphatic heterocycles. The van der Waals surface area contributed by atoms with E-state index in [1.54, 1.807) is 13.8 Å². The highest BCUT2D eigenvalue weighted by Gasteiger charge is 2.19. The number of nitro groups is 1. The average Bonchev–Trinajstić information content (AvgIpc) is 2.49. The van der Waals surface area contributed by atoms with Gasteiger partial charge in [-0.25, -0.2) is 10.4 Å². The largest absolute Gasteiger partial charge is 0.500 e. The highest BCUT2D eigenvalue weighted by atomic mass is 16.6. The van der Waals surface area contributed by atoms with Gasteiger partial charge in [-0.05, 0) is 19.9 Å². The fourth-order valence-electron chi connectivity index (χ4n) is 1.89. The summed E-state index contributed by atoms with van der Waals surface area (Å²) in [4.78, 5) is 28.0. The Balaban J connectivity index is 2.27. The van der Waals surface area contributed by atoms with E-state index in [-0.39, 0.29) is 23.9 Å². The lowest BCUT2D eigenvalue weighted by molar-refractivity contribution is -0.386. The molecule has 0 aliphatic rings. The number of nitrogens with zero attached hydrogens (tertiary/aromatic N) is 3. The predicted octanol–water partition coefficient (Wildman–Crippen LogP) is 1.54. The van der Waals surface area contributed by atoms with E-state index in [2.05, 4.69) is 20.5 Å². The molecule has 1 aromatic heterocycles. The maximum absolute atomic E-state index is 11.3. The molecule has 0 unspecified atom stereocenters. The number of rotatable bonds is 6. The quantitative estimate of drug-likeness (QED) is 0.413. The standard InChI is InChI=1S/C14H15N5O5/c1-3-24-11-6-9(5-10(13(11)21)19(22)23)7-15-18-14-16-8(2)4-12(20)17-14/h4-7,21H,3H2,1-2H3,(H2,16,17,18,20)/b15-7+. The molecule has 10 nitrogen and oxygen atoms in total. The molecule has 126 valence electrons. The summed E-state index contributed by atoms with van der Waals surface area (Å²) in [5.41, 5.74) is 2.52. The normalized spacial score (nSPS) is 10.8. The predicted molar refractivity (Wildman–Crippen MR) is 86.7 cm³/mol. The molecule has 0 atom stereocenters. The number of phenolic OH excluding ortho intramolecular Hbond substituents is 1. The van der Waals surface area contributed by atoms with E-state index in [1.807, 2.05) is 0 Å². The Morgan fingerprint density at radius 2 is 2.25 bits per heavy atom. The molecule has 2 rings (SSSR count). The van der Waals surface area contributed by atoms with Gasteiger partial charge in [-0.2, -0.15) is 5.10 Å². The van der Waals surface area contributed by atoms with Gasteiger partial charge < -0.3 is 9.84 Å². The van der Waals surface area contributed by atoms with Crippen molar-refractivity contribution < 1.29 is 14.8 Å². The third-order valence-corrected chi connectivity index (χ3v) is 2.83. The summed E-state index contributed by atoms with van der Waals surface area (Å²) in [6.07, 6.45) is 1.28. The lowest BCUT2D eigenvalue weighted by Crippen LogP contribution is -2.10. The second-order valence-electron chi connectivity index (χ2n) is 4.68. The average molecular weight is 333 g/mol. The van der Waals surface area contributed by atoms with Crippen molar-refractivity contribution in [3.05, 3.63) is 49.9 Å². The second-order valence-corrected chi connectivity index (χ2v) is 4.68. The fourth-order valence-corrected chi connectivity index (χ4v) is 1.89. The number of anilines is 1. The third kappa shape index (κ3) is 4.06. The smallest absolute Gasteiger partial charge is 0.315 e. The topological polar surface area (TPSA) is 143 Å². The lowest BCUT2D eigenvalue weighted by atomic mass is 10.2. The van der Waals surface area contributed by atoms with Crippen molar-refractivity contribution in [1.29, 1.82) is 0 Å². The Hall–Kier alpha value is -3.43. The molecule has 24 heavy (non-hydrogen) atoms. The number of hydrogen-bond acceptors (Lipinski definition) is 8. The van der Waals surface area contributed by atoms with Crippen LogP contribution < -0.4 is 15.7 Å². The number of ether oxygens (including phenoxy) is 1. The number of aryl methyl sites for hydroxylation is 1. The van der Waals surface area contributed by atoms with Crippen LogP contribution in [0.1, 0.15) is 18.2 Å². The number of phenols is 1. The van der Waals surface area contributed by atoms with Crippen LogP contribution in [0.4, 0.5) is 11.6 Å². The summed E-state index contributed by atoms with van der Waals surface area (Å²) in [6, 6.07) is 3.88. The van der Waals surface area contributed by atoms with E-state index < -0.39 is 16.4 Å². The fraction of sp³-hybridized carbons (Fsp3) is 0.214. The number of aromatic hydroxyl groups is 1. The third-order valence-electron chi connectivity index (χ3n) is 2.83. The molecule has 0 bridgehead atoms. The molecule has 1 aromatic carbocycles. The van der Waals surface area contributed by atoms with E-state index >= 15 is 0 Å². The van der Waals surface area contributed by atoms with Crippen molar-refractivity contribution in [1.82, 2.24) is 9.97 Å². The summed E-state index contributed by atoms with van der Waals surface area (Å²) in [7, 11) is 0. The first kappa shape index (κ1) is 16.9. The summed E-state index contributed by atoms with van der Waals surface area (Å²) < 4.78 is 5.17. The molecular formula is C14H15N5O5. The first-order chi connectivity index (χ1) is 11.4. The van der Waals surface area contributed by atoms with Gasteiger partial charge in [0.1, 0.15) is 0 Å². The number of hydrogen-bond donors (Lipinski definition) is 3. The first-order valence-electron chi connectivity index (χ1n) is 6.92. The number of aromatic amines is 1. The maximum Gasteiger partial charge on any atom is 0.315 e. The molecule has 0 saturated heterocycles. The highest BCUT2D eigenvalue weighted by Crippen LogP contribution is 2.36. The molecular weight excluding hydrogens is 318 g/mol. The van der Waals surface area contributed by atoms with Crippen molar-refractivity contribution >= 4 is 17.9 Å². The zero-order valence-corrected chi connectivity index (χ0v) is 12.9. The van der Waals surface area contributed by atoms with Crippen molar-refractivity contribution in [3.63, 3.8) is 0 Å². The van der Waals surface area contributed by atoms with Gasteiger partial charge >= 0.3 is 5.69 Å². The van der Waals surface area contributed by atoms with Crippen molar-refractivity contribution in [2.45, 2.75) is 13.8 Å². The molecule has 0 amide bonds. The van der Waals surface area contributed by atoms with Gasteiger partial charge in [-0.15, -0.1) is 0 Å². The van der Waals surface area contributed by atoms with Gasteiger partial charge in [0.05, 0.1) is 17.7 Å². The van der Waals surface area contributed by atoms with E-state index in [0.717, 1.165) is 6.07 Å². The van der Waals surface area contributed by atoms with Crippen LogP contribution >= 0.6 is 0 Å². The number of nitro benzene ring substituents is 1. The van der Waals surface area contributed by atoms with Gasteiger partial charge in [0, 0.05) is 23.4 Å². The number of aromatic nitrogens is 2. The molecule has 2 aromatic rings. The van der Waals surface area contributed by atoms with E-state index in [9.17, 15) is 20.0 Å². The molecule has 0 aliphatic carbocycles. The second kappa shape index (κ2) is 7.22. The zero-order valence-electron chi connectivity index (χ0n) is 12.9. The van der Waals surface area contributed by atoms with Gasteiger partial charge in [0.25, 0.3) is 5.56 Å². The maximum atomic E-state index is 11.3. The van der Waals surface area contributed by atoms with Gasteiger partial charge in [-0.1, -0.05) is 0 Å². The molecule has 0 saturated carbocycles. The number of hydrazone groups is 1. The van der Waals surface area contributed by atoms with Crippen molar-refractivity contribution in [2.24, 2.45) is 5.10 Å². The first-order valence-corrected chi connectivity index (χ1v) is 6.92.